The summed E-state index contributed by atoms with van der Waals surface area (Å²) in [6.45, 7) is 0.952. The number of aliphatic hydroxyl groups excluding tert-OH is 1. The van der Waals surface area contributed by atoms with Crippen LogP contribution in [0.3, 0.4) is 0 Å². The summed E-state index contributed by atoms with van der Waals surface area (Å²) in [5.41, 5.74) is 6.16. The lowest BCUT2D eigenvalue weighted by Gasteiger charge is -2.00. The van der Waals surface area contributed by atoms with Crippen LogP contribution in [0.25, 0.3) is 0 Å². The molecule has 0 bridgehead atoms. The maximum Gasteiger partial charge on any atom is 0.360 e. The van der Waals surface area contributed by atoms with Gasteiger partial charge < -0.3 is 15.6 Å². The molecule has 0 spiro atoms. The number of unbranched alkanes of at least 4 members (excludes halogenated alkanes) is 3. The van der Waals surface area contributed by atoms with Gasteiger partial charge in [0.05, 0.1) is 12.8 Å². The molecule has 0 radical (unpaired) electrons. The Morgan fingerprint density at radius 2 is 2.18 bits per heavy atom. The third kappa shape index (κ3) is 4.07. The lowest BCUT2D eigenvalue weighted by molar-refractivity contribution is 0.0594. The van der Waals surface area contributed by atoms with Gasteiger partial charge in [0.15, 0.2) is 5.69 Å². The molecule has 0 saturated heterocycles. The number of aromatic nitrogens is 2. The van der Waals surface area contributed by atoms with Crippen LogP contribution in [0.4, 0.5) is 5.69 Å². The summed E-state index contributed by atoms with van der Waals surface area (Å²) in [5, 5.41) is 12.7. The second-order valence-electron chi connectivity index (χ2n) is 3.83. The lowest BCUT2D eigenvalue weighted by Crippen LogP contribution is -2.06. The molecule has 3 N–H and O–H groups in total. The number of carbonyl (C=O) groups excluding carboxylic acids is 1. The van der Waals surface area contributed by atoms with Crippen molar-refractivity contribution in [3.05, 3.63) is 11.9 Å². The minimum atomic E-state index is -0.512. The first-order valence-electron chi connectivity index (χ1n) is 5.71. The second-order valence-corrected chi connectivity index (χ2v) is 3.83. The van der Waals surface area contributed by atoms with Crippen molar-refractivity contribution in [3.8, 4) is 0 Å². The highest BCUT2D eigenvalue weighted by molar-refractivity contribution is 5.92. The Bertz CT molecular complexity index is 363. The molecule has 0 atom stereocenters. The van der Waals surface area contributed by atoms with Crippen molar-refractivity contribution in [1.82, 2.24) is 9.78 Å². The number of carbonyl (C=O) groups is 1. The van der Waals surface area contributed by atoms with Crippen LogP contribution in [0.5, 0.6) is 0 Å². The van der Waals surface area contributed by atoms with Crippen molar-refractivity contribution in [3.63, 3.8) is 0 Å². The number of methoxy groups -OCH3 is 1. The third-order valence-corrected chi connectivity index (χ3v) is 2.46. The molecule has 1 aromatic rings. The quantitative estimate of drug-likeness (QED) is 0.544. The van der Waals surface area contributed by atoms with Gasteiger partial charge in [-0.2, -0.15) is 5.10 Å². The van der Waals surface area contributed by atoms with E-state index in [1.54, 1.807) is 10.9 Å². The van der Waals surface area contributed by atoms with Gasteiger partial charge in [-0.25, -0.2) is 4.79 Å². The summed E-state index contributed by atoms with van der Waals surface area (Å²) in [5.74, 6) is -0.512. The van der Waals surface area contributed by atoms with Crippen molar-refractivity contribution in [2.45, 2.75) is 32.2 Å². The van der Waals surface area contributed by atoms with E-state index in [9.17, 15) is 4.79 Å². The maximum atomic E-state index is 11.3. The second kappa shape index (κ2) is 6.90. The number of hydrogen-bond acceptors (Lipinski definition) is 5. The first-order chi connectivity index (χ1) is 8.19. The first-order valence-corrected chi connectivity index (χ1v) is 5.71. The van der Waals surface area contributed by atoms with E-state index in [4.69, 9.17) is 10.8 Å². The van der Waals surface area contributed by atoms with Gasteiger partial charge in [0.25, 0.3) is 0 Å². The molecule has 17 heavy (non-hydrogen) atoms. The maximum absolute atomic E-state index is 11.3. The fourth-order valence-electron chi connectivity index (χ4n) is 1.55. The number of nitrogen functional groups attached to an aromatic ring is 1. The van der Waals surface area contributed by atoms with Gasteiger partial charge in [-0.3, -0.25) is 4.68 Å². The number of aliphatic hydroxyl groups is 1. The molecule has 1 aromatic heterocycles. The van der Waals surface area contributed by atoms with Crippen LogP contribution in [0, 0.1) is 0 Å². The van der Waals surface area contributed by atoms with Crippen molar-refractivity contribution in [2.75, 3.05) is 19.5 Å². The largest absolute Gasteiger partial charge is 0.464 e. The number of rotatable bonds is 7. The zero-order chi connectivity index (χ0) is 12.7. The van der Waals surface area contributed by atoms with E-state index in [1.165, 1.54) is 7.11 Å². The highest BCUT2D eigenvalue weighted by Crippen LogP contribution is 2.11. The van der Waals surface area contributed by atoms with Crippen LogP contribution in [0.1, 0.15) is 36.2 Å². The average molecular weight is 241 g/mol. The van der Waals surface area contributed by atoms with E-state index in [-0.39, 0.29) is 12.3 Å². The molecule has 0 aliphatic heterocycles. The Morgan fingerprint density at radius 3 is 2.82 bits per heavy atom. The molecule has 96 valence electrons. The normalized spacial score (nSPS) is 10.5. The minimum absolute atomic E-state index is 0.169. The fourth-order valence-corrected chi connectivity index (χ4v) is 1.55. The van der Waals surface area contributed by atoms with Crippen LogP contribution in [-0.2, 0) is 11.3 Å². The summed E-state index contributed by atoms with van der Waals surface area (Å²) >= 11 is 0. The average Bonchev–Trinajstić information content (AvgIpc) is 2.69. The van der Waals surface area contributed by atoms with Gasteiger partial charge in [-0.05, 0) is 12.8 Å². The van der Waals surface area contributed by atoms with Crippen LogP contribution in [0.2, 0.25) is 0 Å². The van der Waals surface area contributed by atoms with Gasteiger partial charge in [0, 0.05) is 19.3 Å². The predicted molar refractivity (Wildman–Crippen MR) is 63.5 cm³/mol. The number of nitrogens with zero attached hydrogens (tertiary/aromatic N) is 2. The highest BCUT2D eigenvalue weighted by Gasteiger charge is 2.14. The van der Waals surface area contributed by atoms with E-state index in [0.717, 1.165) is 25.7 Å². The number of esters is 1. The zero-order valence-corrected chi connectivity index (χ0v) is 10.1. The Kier molecular flexibility index (Phi) is 5.48. The number of nitrogens with two attached hydrogens (primary N) is 1. The van der Waals surface area contributed by atoms with E-state index in [0.29, 0.717) is 12.2 Å². The molecule has 0 aliphatic carbocycles. The molecule has 0 saturated carbocycles. The molecule has 0 fully saturated rings. The standard InChI is InChI=1S/C11H19N3O3/c1-17-11(16)10-9(12)8-14(13-10)6-4-2-3-5-7-15/h8,15H,2-7,12H2,1H3. The highest BCUT2D eigenvalue weighted by atomic mass is 16.5. The number of ether oxygens (including phenoxy) is 1. The summed E-state index contributed by atoms with van der Waals surface area (Å²) < 4.78 is 6.22. The monoisotopic (exact) mass is 241 g/mol. The molecule has 6 nitrogen and oxygen atoms in total. The Balaban J connectivity index is 2.42. The van der Waals surface area contributed by atoms with Crippen molar-refractivity contribution >= 4 is 11.7 Å². The molecule has 0 aliphatic rings. The fraction of sp³-hybridized carbons (Fsp3) is 0.636. The lowest BCUT2D eigenvalue weighted by atomic mass is 10.2. The van der Waals surface area contributed by atoms with Crippen molar-refractivity contribution in [1.29, 1.82) is 0 Å². The van der Waals surface area contributed by atoms with E-state index in [1.807, 2.05) is 0 Å². The SMILES string of the molecule is COC(=O)c1nn(CCCCCCO)cc1N. The van der Waals surface area contributed by atoms with Crippen LogP contribution in [0.15, 0.2) is 6.20 Å². The van der Waals surface area contributed by atoms with Gasteiger partial charge >= 0.3 is 5.97 Å². The van der Waals surface area contributed by atoms with E-state index in [2.05, 4.69) is 9.84 Å². The van der Waals surface area contributed by atoms with Gasteiger partial charge in [0.1, 0.15) is 0 Å². The molecule has 0 unspecified atom stereocenters. The minimum Gasteiger partial charge on any atom is -0.464 e. The Labute approximate surface area is 100 Å². The summed E-state index contributed by atoms with van der Waals surface area (Å²) in [7, 11) is 1.30. The first kappa shape index (κ1) is 13.5. The molecule has 6 heteroatoms. The van der Waals surface area contributed by atoms with Crippen LogP contribution >= 0.6 is 0 Å². The molecule has 1 rings (SSSR count). The topological polar surface area (TPSA) is 90.4 Å². The number of aryl methyl sites for hydroxylation is 1. The Hall–Kier alpha value is -1.56. The van der Waals surface area contributed by atoms with E-state index < -0.39 is 5.97 Å². The van der Waals surface area contributed by atoms with Gasteiger partial charge in [-0.15, -0.1) is 0 Å². The molecular weight excluding hydrogens is 222 g/mol. The van der Waals surface area contributed by atoms with Crippen molar-refractivity contribution < 1.29 is 14.6 Å². The van der Waals surface area contributed by atoms with E-state index >= 15 is 0 Å². The summed E-state index contributed by atoms with van der Waals surface area (Å²) in [6.07, 6.45) is 5.43. The Morgan fingerprint density at radius 1 is 1.47 bits per heavy atom. The van der Waals surface area contributed by atoms with Gasteiger partial charge in [0.2, 0.25) is 0 Å². The molecule has 0 amide bonds. The molecular formula is C11H19N3O3. The number of hydrogen-bond donors (Lipinski definition) is 2. The molecule has 0 aromatic carbocycles. The van der Waals surface area contributed by atoms with Crippen LogP contribution in [-0.4, -0.2) is 34.6 Å². The molecule has 1 heterocycles. The van der Waals surface area contributed by atoms with Crippen molar-refractivity contribution in [2.24, 2.45) is 0 Å². The number of anilines is 1. The van der Waals surface area contributed by atoms with Crippen LogP contribution < -0.4 is 5.73 Å². The third-order valence-electron chi connectivity index (χ3n) is 2.46. The van der Waals surface area contributed by atoms with Gasteiger partial charge in [-0.1, -0.05) is 12.8 Å². The predicted octanol–water partition coefficient (Wildman–Crippen LogP) is 0.805. The summed E-state index contributed by atoms with van der Waals surface area (Å²) in [4.78, 5) is 11.3. The summed E-state index contributed by atoms with van der Waals surface area (Å²) in [6, 6.07) is 0. The zero-order valence-electron chi connectivity index (χ0n) is 10.1. The smallest absolute Gasteiger partial charge is 0.360 e.